The lowest BCUT2D eigenvalue weighted by Gasteiger charge is -2.07. The van der Waals surface area contributed by atoms with Crippen LogP contribution in [0.3, 0.4) is 0 Å². The number of nitrogens with zero attached hydrogens (tertiary/aromatic N) is 4. The topological polar surface area (TPSA) is 81.4 Å². The van der Waals surface area contributed by atoms with Gasteiger partial charge in [0, 0.05) is 30.7 Å². The molecule has 4 rings (SSSR count). The number of ether oxygens (including phenoxy) is 1. The third-order valence-corrected chi connectivity index (χ3v) is 4.44. The summed E-state index contributed by atoms with van der Waals surface area (Å²) >= 11 is 0. The van der Waals surface area contributed by atoms with E-state index in [-0.39, 0.29) is 5.91 Å². The average Bonchev–Trinajstić information content (AvgIpc) is 3.18. The number of nitrogens with one attached hydrogen (secondary N) is 1. The molecule has 140 valence electrons. The van der Waals surface area contributed by atoms with Crippen LogP contribution in [0.2, 0.25) is 0 Å². The molecule has 0 spiro atoms. The fourth-order valence-electron chi connectivity index (χ4n) is 2.93. The number of hydrogen-bond acceptors (Lipinski definition) is 5. The van der Waals surface area contributed by atoms with Crippen LogP contribution in [0.5, 0.6) is 5.75 Å². The summed E-state index contributed by atoms with van der Waals surface area (Å²) in [5.74, 6) is 1.33. The predicted octanol–water partition coefficient (Wildman–Crippen LogP) is 2.77. The SMILES string of the molecule is COc1ccc(CCNC(=O)c2ccc3nnc(-c4cccnc4)n3c2)cc1. The lowest BCUT2D eigenvalue weighted by molar-refractivity contribution is 0.0953. The van der Waals surface area contributed by atoms with Gasteiger partial charge in [0.1, 0.15) is 5.75 Å². The Labute approximate surface area is 162 Å². The fraction of sp³-hybridized carbons (Fsp3) is 0.143. The first-order valence-corrected chi connectivity index (χ1v) is 8.91. The van der Waals surface area contributed by atoms with Crippen LogP contribution < -0.4 is 10.1 Å². The number of benzene rings is 1. The molecule has 4 aromatic rings. The molecule has 0 aliphatic rings. The van der Waals surface area contributed by atoms with E-state index in [1.54, 1.807) is 42.2 Å². The van der Waals surface area contributed by atoms with Crippen LogP contribution in [-0.4, -0.2) is 39.1 Å². The second-order valence-electron chi connectivity index (χ2n) is 6.27. The molecule has 3 aromatic heterocycles. The van der Waals surface area contributed by atoms with Gasteiger partial charge in [0.15, 0.2) is 11.5 Å². The van der Waals surface area contributed by atoms with Gasteiger partial charge in [0.2, 0.25) is 0 Å². The third kappa shape index (κ3) is 3.68. The van der Waals surface area contributed by atoms with Gasteiger partial charge in [0.25, 0.3) is 5.91 Å². The van der Waals surface area contributed by atoms with Crippen molar-refractivity contribution in [2.75, 3.05) is 13.7 Å². The maximum Gasteiger partial charge on any atom is 0.252 e. The van der Waals surface area contributed by atoms with Gasteiger partial charge in [-0.2, -0.15) is 0 Å². The summed E-state index contributed by atoms with van der Waals surface area (Å²) in [7, 11) is 1.64. The minimum atomic E-state index is -0.138. The molecule has 0 saturated heterocycles. The Hall–Kier alpha value is -3.74. The molecule has 0 saturated carbocycles. The number of fused-ring (bicyclic) bond motifs is 1. The van der Waals surface area contributed by atoms with Crippen molar-refractivity contribution in [3.05, 3.63) is 78.2 Å². The predicted molar refractivity (Wildman–Crippen MR) is 105 cm³/mol. The zero-order chi connectivity index (χ0) is 19.3. The minimum absolute atomic E-state index is 0.138. The number of aromatic nitrogens is 4. The van der Waals surface area contributed by atoms with Gasteiger partial charge in [-0.3, -0.25) is 14.2 Å². The largest absolute Gasteiger partial charge is 0.497 e. The van der Waals surface area contributed by atoms with E-state index in [0.717, 1.165) is 23.3 Å². The molecule has 3 heterocycles. The normalized spacial score (nSPS) is 10.8. The van der Waals surface area contributed by atoms with Gasteiger partial charge in [-0.15, -0.1) is 10.2 Å². The molecule has 0 unspecified atom stereocenters. The molecule has 28 heavy (non-hydrogen) atoms. The summed E-state index contributed by atoms with van der Waals surface area (Å²) in [5.41, 5.74) is 3.20. The number of carbonyl (C=O) groups is 1. The van der Waals surface area contributed by atoms with Gasteiger partial charge in [0.05, 0.1) is 12.7 Å². The molecule has 1 amide bonds. The van der Waals surface area contributed by atoms with Gasteiger partial charge in [-0.05, 0) is 48.4 Å². The summed E-state index contributed by atoms with van der Waals surface area (Å²) in [6, 6.07) is 15.1. The molecular weight excluding hydrogens is 354 g/mol. The van der Waals surface area contributed by atoms with Crippen LogP contribution in [0.15, 0.2) is 67.1 Å². The van der Waals surface area contributed by atoms with E-state index in [0.29, 0.717) is 23.6 Å². The number of amides is 1. The molecule has 1 N–H and O–H groups in total. The van der Waals surface area contributed by atoms with Crippen LogP contribution in [0.4, 0.5) is 0 Å². The molecule has 7 nitrogen and oxygen atoms in total. The van der Waals surface area contributed by atoms with Gasteiger partial charge < -0.3 is 10.1 Å². The highest BCUT2D eigenvalue weighted by atomic mass is 16.5. The smallest absolute Gasteiger partial charge is 0.252 e. The molecule has 1 aromatic carbocycles. The highest BCUT2D eigenvalue weighted by molar-refractivity contribution is 5.94. The van der Waals surface area contributed by atoms with E-state index in [4.69, 9.17) is 4.74 Å². The number of pyridine rings is 2. The summed E-state index contributed by atoms with van der Waals surface area (Å²) < 4.78 is 6.95. The summed E-state index contributed by atoms with van der Waals surface area (Å²) in [6.07, 6.45) is 5.92. The Morgan fingerprint density at radius 1 is 1.11 bits per heavy atom. The molecule has 0 radical (unpaired) electrons. The summed E-state index contributed by atoms with van der Waals surface area (Å²) in [6.45, 7) is 0.543. The number of methoxy groups -OCH3 is 1. The quantitative estimate of drug-likeness (QED) is 0.562. The van der Waals surface area contributed by atoms with Gasteiger partial charge >= 0.3 is 0 Å². The number of rotatable bonds is 6. The lowest BCUT2D eigenvalue weighted by atomic mass is 10.1. The molecular formula is C21H19N5O2. The van der Waals surface area contributed by atoms with E-state index in [9.17, 15) is 4.79 Å². The highest BCUT2D eigenvalue weighted by Crippen LogP contribution is 2.17. The van der Waals surface area contributed by atoms with E-state index >= 15 is 0 Å². The number of carbonyl (C=O) groups excluding carboxylic acids is 1. The van der Waals surface area contributed by atoms with E-state index < -0.39 is 0 Å². The first-order chi connectivity index (χ1) is 13.7. The fourth-order valence-corrected chi connectivity index (χ4v) is 2.93. The van der Waals surface area contributed by atoms with Crippen molar-refractivity contribution < 1.29 is 9.53 Å². The maximum absolute atomic E-state index is 12.6. The molecule has 0 fully saturated rings. The van der Waals surface area contributed by atoms with Gasteiger partial charge in [-0.1, -0.05) is 12.1 Å². The van der Waals surface area contributed by atoms with Crippen molar-refractivity contribution >= 4 is 11.6 Å². The Morgan fingerprint density at radius 2 is 1.96 bits per heavy atom. The molecule has 0 aliphatic carbocycles. The molecule has 0 aliphatic heterocycles. The van der Waals surface area contributed by atoms with Crippen molar-refractivity contribution in [1.29, 1.82) is 0 Å². The Kier molecular flexibility index (Phi) is 4.97. The molecule has 0 atom stereocenters. The van der Waals surface area contributed by atoms with Crippen molar-refractivity contribution in [2.45, 2.75) is 6.42 Å². The van der Waals surface area contributed by atoms with Crippen molar-refractivity contribution in [2.24, 2.45) is 0 Å². The third-order valence-electron chi connectivity index (χ3n) is 4.44. The average molecular weight is 373 g/mol. The van der Waals surface area contributed by atoms with Crippen LogP contribution in [0.25, 0.3) is 17.0 Å². The molecule has 7 heteroatoms. The Balaban J connectivity index is 1.46. The van der Waals surface area contributed by atoms with E-state index in [1.165, 1.54) is 0 Å². The first kappa shape index (κ1) is 17.7. The van der Waals surface area contributed by atoms with Gasteiger partial charge in [-0.25, -0.2) is 0 Å². The Morgan fingerprint density at radius 3 is 2.71 bits per heavy atom. The maximum atomic E-state index is 12.6. The van der Waals surface area contributed by atoms with Crippen molar-refractivity contribution in [3.63, 3.8) is 0 Å². The lowest BCUT2D eigenvalue weighted by Crippen LogP contribution is -2.25. The van der Waals surface area contributed by atoms with Crippen molar-refractivity contribution in [1.82, 2.24) is 24.9 Å². The van der Waals surface area contributed by atoms with Crippen LogP contribution in [-0.2, 0) is 6.42 Å². The van der Waals surface area contributed by atoms with Crippen LogP contribution >= 0.6 is 0 Å². The summed E-state index contributed by atoms with van der Waals surface area (Å²) in [5, 5.41) is 11.3. The zero-order valence-corrected chi connectivity index (χ0v) is 15.4. The van der Waals surface area contributed by atoms with Crippen molar-refractivity contribution in [3.8, 4) is 17.1 Å². The van der Waals surface area contributed by atoms with Crippen LogP contribution in [0.1, 0.15) is 15.9 Å². The first-order valence-electron chi connectivity index (χ1n) is 8.91. The Bertz CT molecular complexity index is 1090. The second kappa shape index (κ2) is 7.87. The standard InChI is InChI=1S/C21H19N5O2/c1-28-18-7-4-15(5-8-18)10-12-23-21(27)17-6-9-19-24-25-20(26(19)14-17)16-3-2-11-22-13-16/h2-9,11,13-14H,10,12H2,1H3,(H,23,27). The summed E-state index contributed by atoms with van der Waals surface area (Å²) in [4.78, 5) is 16.7. The number of hydrogen-bond donors (Lipinski definition) is 1. The highest BCUT2D eigenvalue weighted by Gasteiger charge is 2.11. The van der Waals surface area contributed by atoms with E-state index in [1.807, 2.05) is 36.4 Å². The van der Waals surface area contributed by atoms with E-state index in [2.05, 4.69) is 20.5 Å². The second-order valence-corrected chi connectivity index (χ2v) is 6.27. The minimum Gasteiger partial charge on any atom is -0.497 e. The van der Waals surface area contributed by atoms with Crippen LogP contribution in [0, 0.1) is 0 Å². The molecule has 0 bridgehead atoms. The monoisotopic (exact) mass is 373 g/mol. The zero-order valence-electron chi connectivity index (χ0n) is 15.4.